The molecule has 2 N–H and O–H groups in total. The predicted octanol–water partition coefficient (Wildman–Crippen LogP) is 3.40. The summed E-state index contributed by atoms with van der Waals surface area (Å²) in [5, 5.41) is 14.8. The second-order valence-corrected chi connectivity index (χ2v) is 12.5. The first-order valence-corrected chi connectivity index (χ1v) is 13.8. The minimum atomic E-state index is -3.34. The van der Waals surface area contributed by atoms with Crippen molar-refractivity contribution >= 4 is 21.4 Å². The van der Waals surface area contributed by atoms with E-state index < -0.39 is 9.84 Å². The number of amides is 1. The molecule has 3 aromatic rings. The predicted molar refractivity (Wildman–Crippen MR) is 131 cm³/mol. The third-order valence-electron chi connectivity index (χ3n) is 7.06. The van der Waals surface area contributed by atoms with Gasteiger partial charge >= 0.3 is 0 Å². The number of sulfone groups is 1. The Bertz CT molecular complexity index is 1350. The second-order valence-electron chi connectivity index (χ2n) is 10.4. The van der Waals surface area contributed by atoms with Crippen LogP contribution in [-0.4, -0.2) is 53.8 Å². The molecular weight excluding hydrogens is 466 g/mol. The first-order valence-electron chi connectivity index (χ1n) is 11.9. The Morgan fingerprint density at radius 3 is 2.91 bits per heavy atom. The van der Waals surface area contributed by atoms with Gasteiger partial charge in [-0.15, -0.1) is 0 Å². The molecule has 2 atom stereocenters. The van der Waals surface area contributed by atoms with E-state index in [-0.39, 0.29) is 28.2 Å². The van der Waals surface area contributed by atoms with Crippen LogP contribution in [-0.2, 0) is 27.4 Å². The van der Waals surface area contributed by atoms with Crippen molar-refractivity contribution in [3.63, 3.8) is 0 Å². The van der Waals surface area contributed by atoms with Crippen LogP contribution in [0.3, 0.4) is 0 Å². The van der Waals surface area contributed by atoms with E-state index in [0.717, 1.165) is 42.5 Å². The van der Waals surface area contributed by atoms with Crippen molar-refractivity contribution in [3.8, 4) is 0 Å². The number of rotatable bonds is 6. The van der Waals surface area contributed by atoms with Crippen molar-refractivity contribution in [2.24, 2.45) is 11.3 Å². The van der Waals surface area contributed by atoms with E-state index in [1.807, 2.05) is 6.07 Å². The SMILES string of the molecule is CC1(C)CCc2c(C(=O)Nc3cnn(C(c4cccc(S(C)(=O)=O)c4)C4CCOC4)c3)n[nH]c2C1. The van der Waals surface area contributed by atoms with Gasteiger partial charge < -0.3 is 10.1 Å². The number of hydrogen-bond acceptors (Lipinski definition) is 6. The number of aromatic amines is 1. The molecule has 1 amide bonds. The number of aromatic nitrogens is 4. The highest BCUT2D eigenvalue weighted by atomic mass is 32.2. The van der Waals surface area contributed by atoms with Crippen molar-refractivity contribution in [2.75, 3.05) is 24.8 Å². The lowest BCUT2D eigenvalue weighted by Gasteiger charge is -2.28. The van der Waals surface area contributed by atoms with Gasteiger partial charge in [-0.2, -0.15) is 10.2 Å². The van der Waals surface area contributed by atoms with Gasteiger partial charge in [0.25, 0.3) is 5.91 Å². The zero-order chi connectivity index (χ0) is 24.8. The van der Waals surface area contributed by atoms with Crippen LogP contribution in [0.1, 0.15) is 60.0 Å². The number of nitrogens with zero attached hydrogens (tertiary/aromatic N) is 3. The quantitative estimate of drug-likeness (QED) is 0.539. The highest BCUT2D eigenvalue weighted by Crippen LogP contribution is 2.36. The number of hydrogen-bond donors (Lipinski definition) is 2. The van der Waals surface area contributed by atoms with Gasteiger partial charge in [0.05, 0.1) is 29.4 Å². The van der Waals surface area contributed by atoms with E-state index in [1.54, 1.807) is 35.3 Å². The Morgan fingerprint density at radius 2 is 2.17 bits per heavy atom. The van der Waals surface area contributed by atoms with E-state index >= 15 is 0 Å². The summed E-state index contributed by atoms with van der Waals surface area (Å²) in [5.74, 6) is -0.128. The fraction of sp³-hybridized carbons (Fsp3) is 0.480. The summed E-state index contributed by atoms with van der Waals surface area (Å²) in [4.78, 5) is 13.3. The van der Waals surface area contributed by atoms with Crippen LogP contribution in [0.5, 0.6) is 0 Å². The Kier molecular flexibility index (Phi) is 6.04. The molecule has 35 heavy (non-hydrogen) atoms. The highest BCUT2D eigenvalue weighted by Gasteiger charge is 2.32. The van der Waals surface area contributed by atoms with Gasteiger partial charge in [-0.3, -0.25) is 14.6 Å². The van der Waals surface area contributed by atoms with Gasteiger partial charge in [0, 0.05) is 36.2 Å². The number of carbonyl (C=O) groups excluding carboxylic acids is 1. The summed E-state index contributed by atoms with van der Waals surface area (Å²) < 4.78 is 31.7. The van der Waals surface area contributed by atoms with E-state index in [2.05, 4.69) is 34.5 Å². The lowest BCUT2D eigenvalue weighted by molar-refractivity contribution is 0.102. The Labute approximate surface area is 205 Å². The van der Waals surface area contributed by atoms with Gasteiger partial charge in [-0.25, -0.2) is 8.42 Å². The van der Waals surface area contributed by atoms with Gasteiger partial charge in [-0.1, -0.05) is 26.0 Å². The van der Waals surface area contributed by atoms with Crippen LogP contribution in [0, 0.1) is 11.3 Å². The molecule has 5 rings (SSSR count). The van der Waals surface area contributed by atoms with Crippen molar-refractivity contribution in [2.45, 2.75) is 50.5 Å². The first kappa shape index (κ1) is 23.7. The number of nitrogens with one attached hydrogen (secondary N) is 2. The standard InChI is InChI=1S/C25H31N5O4S/c1-25(2)9-7-20-21(12-25)28-29-22(20)24(31)27-18-13-26-30(14-18)23(17-8-10-34-15-17)16-5-4-6-19(11-16)35(3,32)33/h4-6,11,13-14,17,23H,7-10,12,15H2,1-3H3,(H,27,31)(H,28,29). The van der Waals surface area contributed by atoms with Crippen molar-refractivity contribution in [1.82, 2.24) is 20.0 Å². The average Bonchev–Trinajstić information content (AvgIpc) is 3.54. The molecule has 1 aromatic carbocycles. The summed E-state index contributed by atoms with van der Waals surface area (Å²) in [6.07, 6.45) is 8.15. The molecule has 1 aliphatic carbocycles. The van der Waals surface area contributed by atoms with Crippen LogP contribution in [0.15, 0.2) is 41.6 Å². The normalized spacial score (nSPS) is 20.4. The van der Waals surface area contributed by atoms with E-state index in [1.165, 1.54) is 6.26 Å². The maximum absolute atomic E-state index is 13.1. The van der Waals surface area contributed by atoms with Gasteiger partial charge in [0.15, 0.2) is 15.5 Å². The maximum atomic E-state index is 13.1. The number of carbonyl (C=O) groups is 1. The molecule has 2 unspecified atom stereocenters. The minimum absolute atomic E-state index is 0.134. The fourth-order valence-corrected chi connectivity index (χ4v) is 5.83. The molecule has 0 spiro atoms. The molecule has 2 aliphatic rings. The molecular formula is C25H31N5O4S. The minimum Gasteiger partial charge on any atom is -0.381 e. The zero-order valence-electron chi connectivity index (χ0n) is 20.2. The lowest BCUT2D eigenvalue weighted by atomic mass is 9.76. The van der Waals surface area contributed by atoms with Crippen LogP contribution < -0.4 is 5.32 Å². The average molecular weight is 498 g/mol. The van der Waals surface area contributed by atoms with Gasteiger partial charge in [-0.05, 0) is 48.8 Å². The monoisotopic (exact) mass is 497 g/mol. The topological polar surface area (TPSA) is 119 Å². The highest BCUT2D eigenvalue weighted by molar-refractivity contribution is 7.90. The second kappa shape index (κ2) is 8.91. The molecule has 0 radical (unpaired) electrons. The molecule has 1 fully saturated rings. The van der Waals surface area contributed by atoms with E-state index in [9.17, 15) is 13.2 Å². The molecule has 2 aromatic heterocycles. The fourth-order valence-electron chi connectivity index (χ4n) is 5.15. The summed E-state index contributed by atoms with van der Waals surface area (Å²) in [6.45, 7) is 5.66. The summed E-state index contributed by atoms with van der Waals surface area (Å²) in [6, 6.07) is 6.75. The number of ether oxygens (including phenoxy) is 1. The van der Waals surface area contributed by atoms with Gasteiger partial charge in [0.2, 0.25) is 0 Å². The molecule has 186 valence electrons. The molecule has 3 heterocycles. The first-order chi connectivity index (χ1) is 16.6. The molecule has 0 saturated carbocycles. The van der Waals surface area contributed by atoms with E-state index in [0.29, 0.717) is 24.6 Å². The third-order valence-corrected chi connectivity index (χ3v) is 8.17. The zero-order valence-corrected chi connectivity index (χ0v) is 21.1. The van der Waals surface area contributed by atoms with E-state index in [4.69, 9.17) is 4.74 Å². The van der Waals surface area contributed by atoms with Crippen LogP contribution in [0.4, 0.5) is 5.69 Å². The maximum Gasteiger partial charge on any atom is 0.276 e. The van der Waals surface area contributed by atoms with Crippen molar-refractivity contribution < 1.29 is 17.9 Å². The van der Waals surface area contributed by atoms with Crippen LogP contribution >= 0.6 is 0 Å². The molecule has 1 saturated heterocycles. The molecule has 10 heteroatoms. The van der Waals surface area contributed by atoms with Crippen molar-refractivity contribution in [3.05, 3.63) is 59.2 Å². The summed E-state index contributed by atoms with van der Waals surface area (Å²) in [7, 11) is -3.34. The van der Waals surface area contributed by atoms with Crippen molar-refractivity contribution in [1.29, 1.82) is 0 Å². The molecule has 0 bridgehead atoms. The molecule has 9 nitrogen and oxygen atoms in total. The number of H-pyrrole nitrogens is 1. The third kappa shape index (κ3) is 4.90. The Morgan fingerprint density at radius 1 is 1.34 bits per heavy atom. The molecule has 1 aliphatic heterocycles. The number of benzene rings is 1. The Balaban J connectivity index is 1.40. The lowest BCUT2D eigenvalue weighted by Crippen LogP contribution is -2.23. The summed E-state index contributed by atoms with van der Waals surface area (Å²) in [5.41, 5.74) is 4.06. The Hall–Kier alpha value is -2.98. The number of anilines is 1. The summed E-state index contributed by atoms with van der Waals surface area (Å²) >= 11 is 0. The smallest absolute Gasteiger partial charge is 0.276 e. The number of fused-ring (bicyclic) bond motifs is 1. The largest absolute Gasteiger partial charge is 0.381 e. The van der Waals surface area contributed by atoms with Crippen LogP contribution in [0.25, 0.3) is 0 Å². The van der Waals surface area contributed by atoms with Gasteiger partial charge in [0.1, 0.15) is 0 Å². The van der Waals surface area contributed by atoms with Crippen LogP contribution in [0.2, 0.25) is 0 Å².